The predicted molar refractivity (Wildman–Crippen MR) is 80.5 cm³/mol. The molecule has 1 aliphatic rings. The molecule has 2 amide bonds. The van der Waals surface area contributed by atoms with E-state index < -0.39 is 11.9 Å². The molecule has 0 bridgehead atoms. The fourth-order valence-electron chi connectivity index (χ4n) is 2.26. The van der Waals surface area contributed by atoms with Crippen molar-refractivity contribution in [2.75, 3.05) is 33.7 Å². The average Bonchev–Trinajstić information content (AvgIpc) is 2.48. The van der Waals surface area contributed by atoms with Crippen molar-refractivity contribution in [1.82, 2.24) is 15.1 Å². The number of halogens is 2. The van der Waals surface area contributed by atoms with E-state index in [-0.39, 0.29) is 17.4 Å². The molecule has 0 radical (unpaired) electrons. The molecule has 1 unspecified atom stereocenters. The van der Waals surface area contributed by atoms with Gasteiger partial charge in [0.1, 0.15) is 11.9 Å². The van der Waals surface area contributed by atoms with Crippen LogP contribution in [0.15, 0.2) is 22.7 Å². The average molecular weight is 358 g/mol. The number of rotatable bonds is 2. The minimum absolute atomic E-state index is 0.145. The fourth-order valence-corrected chi connectivity index (χ4v) is 2.51. The highest BCUT2D eigenvalue weighted by Crippen LogP contribution is 2.19. The Hall–Kier alpha value is -1.47. The van der Waals surface area contributed by atoms with Crippen LogP contribution in [-0.2, 0) is 4.79 Å². The van der Waals surface area contributed by atoms with Crippen molar-refractivity contribution in [1.29, 1.82) is 0 Å². The zero-order valence-electron chi connectivity index (χ0n) is 11.9. The van der Waals surface area contributed by atoms with Crippen LogP contribution < -0.4 is 5.32 Å². The molecule has 7 heteroatoms. The summed E-state index contributed by atoms with van der Waals surface area (Å²) in [5, 5.41) is 3.10. The highest BCUT2D eigenvalue weighted by atomic mass is 79.9. The molecule has 1 atom stereocenters. The van der Waals surface area contributed by atoms with E-state index in [1.165, 1.54) is 21.9 Å². The maximum atomic E-state index is 13.6. The Balaban J connectivity index is 2.26. The smallest absolute Gasteiger partial charge is 0.254 e. The Kier molecular flexibility index (Phi) is 4.95. The van der Waals surface area contributed by atoms with Gasteiger partial charge in [-0.2, -0.15) is 0 Å². The van der Waals surface area contributed by atoms with Crippen molar-refractivity contribution in [3.63, 3.8) is 0 Å². The summed E-state index contributed by atoms with van der Waals surface area (Å²) in [6.45, 7) is 1.44. The van der Waals surface area contributed by atoms with Crippen LogP contribution in [-0.4, -0.2) is 61.4 Å². The predicted octanol–water partition coefficient (Wildman–Crippen LogP) is 1.09. The first-order chi connectivity index (χ1) is 9.91. The van der Waals surface area contributed by atoms with Crippen molar-refractivity contribution in [2.45, 2.75) is 6.04 Å². The maximum Gasteiger partial charge on any atom is 0.254 e. The summed E-state index contributed by atoms with van der Waals surface area (Å²) in [6, 6.07) is 3.67. The van der Waals surface area contributed by atoms with E-state index >= 15 is 0 Å². The molecule has 1 N–H and O–H groups in total. The van der Waals surface area contributed by atoms with Crippen molar-refractivity contribution in [2.24, 2.45) is 0 Å². The molecule has 1 heterocycles. The Morgan fingerprint density at radius 3 is 2.76 bits per heavy atom. The number of piperazine rings is 1. The molecule has 0 saturated carbocycles. The van der Waals surface area contributed by atoms with E-state index in [0.29, 0.717) is 24.1 Å². The SMILES string of the molecule is CN(C)C(=O)C1CNCCN1C(=O)c1ccc(Br)c(F)c1. The van der Waals surface area contributed by atoms with Crippen molar-refractivity contribution >= 4 is 27.7 Å². The molecular formula is C14H17BrFN3O2. The third-order valence-electron chi connectivity index (χ3n) is 3.40. The Labute approximate surface area is 131 Å². The van der Waals surface area contributed by atoms with E-state index in [1.54, 1.807) is 20.2 Å². The van der Waals surface area contributed by atoms with Gasteiger partial charge < -0.3 is 15.1 Å². The first-order valence-electron chi connectivity index (χ1n) is 6.59. The van der Waals surface area contributed by atoms with Crippen LogP contribution in [0.3, 0.4) is 0 Å². The number of nitrogens with one attached hydrogen (secondary N) is 1. The summed E-state index contributed by atoms with van der Waals surface area (Å²) in [5.41, 5.74) is 0.245. The van der Waals surface area contributed by atoms with Crippen LogP contribution in [0.2, 0.25) is 0 Å². The molecule has 1 saturated heterocycles. The van der Waals surface area contributed by atoms with E-state index in [2.05, 4.69) is 21.2 Å². The maximum absolute atomic E-state index is 13.6. The van der Waals surface area contributed by atoms with Crippen LogP contribution in [0.25, 0.3) is 0 Å². The number of carbonyl (C=O) groups is 2. The van der Waals surface area contributed by atoms with Gasteiger partial charge in [-0.1, -0.05) is 0 Å². The minimum atomic E-state index is -0.562. The number of benzene rings is 1. The molecule has 1 aliphatic heterocycles. The van der Waals surface area contributed by atoms with Crippen molar-refractivity contribution in [3.8, 4) is 0 Å². The number of hydrogen-bond acceptors (Lipinski definition) is 3. The second kappa shape index (κ2) is 6.53. The lowest BCUT2D eigenvalue weighted by Crippen LogP contribution is -2.59. The van der Waals surface area contributed by atoms with Gasteiger partial charge in [0.15, 0.2) is 0 Å². The molecular weight excluding hydrogens is 341 g/mol. The van der Waals surface area contributed by atoms with Gasteiger partial charge in [0.2, 0.25) is 5.91 Å². The summed E-state index contributed by atoms with van der Waals surface area (Å²) >= 11 is 3.06. The van der Waals surface area contributed by atoms with Gasteiger partial charge in [0.25, 0.3) is 5.91 Å². The second-order valence-corrected chi connectivity index (χ2v) is 5.93. The van der Waals surface area contributed by atoms with Gasteiger partial charge >= 0.3 is 0 Å². The normalized spacial score (nSPS) is 18.5. The molecule has 5 nitrogen and oxygen atoms in total. The van der Waals surface area contributed by atoms with Crippen LogP contribution in [0.1, 0.15) is 10.4 Å². The standard InChI is InChI=1S/C14H17BrFN3O2/c1-18(2)14(21)12-8-17-5-6-19(12)13(20)9-3-4-10(15)11(16)7-9/h3-4,7,12,17H,5-6,8H2,1-2H3. The van der Waals surface area contributed by atoms with Crippen LogP contribution in [0.5, 0.6) is 0 Å². The van der Waals surface area contributed by atoms with Gasteiger partial charge in [-0.3, -0.25) is 9.59 Å². The molecule has 1 aromatic rings. The number of hydrogen-bond donors (Lipinski definition) is 1. The first kappa shape index (κ1) is 15.9. The van der Waals surface area contributed by atoms with Gasteiger partial charge in [-0.05, 0) is 34.1 Å². The topological polar surface area (TPSA) is 52.7 Å². The number of likely N-dealkylation sites (N-methyl/N-ethyl adjacent to an activating group) is 1. The minimum Gasteiger partial charge on any atom is -0.347 e. The highest BCUT2D eigenvalue weighted by Gasteiger charge is 2.33. The summed E-state index contributed by atoms with van der Waals surface area (Å²) in [4.78, 5) is 27.7. The largest absolute Gasteiger partial charge is 0.347 e. The number of nitrogens with zero attached hydrogens (tertiary/aromatic N) is 2. The van der Waals surface area contributed by atoms with Gasteiger partial charge in [0, 0.05) is 39.3 Å². The van der Waals surface area contributed by atoms with Gasteiger partial charge in [0.05, 0.1) is 4.47 Å². The first-order valence-corrected chi connectivity index (χ1v) is 7.39. The van der Waals surface area contributed by atoms with Crippen LogP contribution in [0.4, 0.5) is 4.39 Å². The van der Waals surface area contributed by atoms with E-state index in [9.17, 15) is 14.0 Å². The van der Waals surface area contributed by atoms with E-state index in [0.717, 1.165) is 0 Å². The third kappa shape index (κ3) is 3.41. The Bertz CT molecular complexity index is 565. The molecule has 1 fully saturated rings. The molecule has 1 aromatic carbocycles. The highest BCUT2D eigenvalue weighted by molar-refractivity contribution is 9.10. The number of amides is 2. The lowest BCUT2D eigenvalue weighted by molar-refractivity contribution is -0.134. The summed E-state index contributed by atoms with van der Waals surface area (Å²) in [5.74, 6) is -0.970. The van der Waals surface area contributed by atoms with E-state index in [1.807, 2.05) is 0 Å². The van der Waals surface area contributed by atoms with Crippen LogP contribution in [0, 0.1) is 5.82 Å². The molecule has 2 rings (SSSR count). The third-order valence-corrected chi connectivity index (χ3v) is 4.04. The molecule has 0 aliphatic carbocycles. The zero-order chi connectivity index (χ0) is 15.6. The summed E-state index contributed by atoms with van der Waals surface area (Å²) in [6.07, 6.45) is 0. The Morgan fingerprint density at radius 2 is 2.14 bits per heavy atom. The molecule has 21 heavy (non-hydrogen) atoms. The lowest BCUT2D eigenvalue weighted by atomic mass is 10.1. The quantitative estimate of drug-likeness (QED) is 0.861. The monoisotopic (exact) mass is 357 g/mol. The number of carbonyl (C=O) groups excluding carboxylic acids is 2. The van der Waals surface area contributed by atoms with Gasteiger partial charge in [-0.25, -0.2) is 4.39 Å². The van der Waals surface area contributed by atoms with Crippen molar-refractivity contribution in [3.05, 3.63) is 34.1 Å². The van der Waals surface area contributed by atoms with Crippen molar-refractivity contribution < 1.29 is 14.0 Å². The van der Waals surface area contributed by atoms with Crippen LogP contribution >= 0.6 is 15.9 Å². The molecule has 114 valence electrons. The van der Waals surface area contributed by atoms with E-state index in [4.69, 9.17) is 0 Å². The summed E-state index contributed by atoms with van der Waals surface area (Å²) < 4.78 is 13.9. The molecule has 0 aromatic heterocycles. The van der Waals surface area contributed by atoms with Gasteiger partial charge in [-0.15, -0.1) is 0 Å². The second-order valence-electron chi connectivity index (χ2n) is 5.08. The lowest BCUT2D eigenvalue weighted by Gasteiger charge is -2.36. The zero-order valence-corrected chi connectivity index (χ0v) is 13.5. The molecule has 0 spiro atoms. The fraction of sp³-hybridized carbons (Fsp3) is 0.429. The Morgan fingerprint density at radius 1 is 1.43 bits per heavy atom. The summed E-state index contributed by atoms with van der Waals surface area (Å²) in [7, 11) is 3.30.